The molecule has 0 radical (unpaired) electrons. The van der Waals surface area contributed by atoms with Gasteiger partial charge in [0.15, 0.2) is 0 Å². The highest BCUT2D eigenvalue weighted by atomic mass is 19.1. The van der Waals surface area contributed by atoms with Crippen molar-refractivity contribution in [3.63, 3.8) is 0 Å². The normalized spacial score (nSPS) is 11.7. The number of methoxy groups -OCH3 is 1. The van der Waals surface area contributed by atoms with Crippen molar-refractivity contribution in [2.75, 3.05) is 7.11 Å². The number of hydrogen-bond acceptors (Lipinski definition) is 5. The van der Waals surface area contributed by atoms with Gasteiger partial charge >= 0.3 is 5.97 Å². The van der Waals surface area contributed by atoms with Crippen molar-refractivity contribution in [3.05, 3.63) is 77.6 Å². The van der Waals surface area contributed by atoms with Gasteiger partial charge in [-0.3, -0.25) is 4.79 Å². The molecular weight excluding hydrogens is 363 g/mol. The standard InChI is InChI=1S/C20H19FN4O3/c1-13-22-18(24-25(13)16-10-8-15(21)9-11-16)19(26)23-17(20(27)28-2)12-14-6-4-3-5-7-14/h3-11,17H,12H2,1-2H3,(H,23,26)/t17-/m1/s1. The Morgan fingerprint density at radius 3 is 2.46 bits per heavy atom. The van der Waals surface area contributed by atoms with Crippen LogP contribution in [-0.2, 0) is 16.0 Å². The minimum atomic E-state index is -0.877. The molecular formula is C20H19FN4O3. The summed E-state index contributed by atoms with van der Waals surface area (Å²) >= 11 is 0. The van der Waals surface area contributed by atoms with Gasteiger partial charge in [-0.2, -0.15) is 0 Å². The molecule has 1 aromatic heterocycles. The Bertz CT molecular complexity index is 971. The van der Waals surface area contributed by atoms with E-state index in [0.717, 1.165) is 5.56 Å². The van der Waals surface area contributed by atoms with Crippen LogP contribution in [0.25, 0.3) is 5.69 Å². The van der Waals surface area contributed by atoms with Crippen molar-refractivity contribution in [1.82, 2.24) is 20.1 Å². The molecule has 0 aliphatic heterocycles. The number of amides is 1. The number of esters is 1. The lowest BCUT2D eigenvalue weighted by atomic mass is 10.1. The number of nitrogens with zero attached hydrogens (tertiary/aromatic N) is 3. The number of carbonyl (C=O) groups excluding carboxylic acids is 2. The average molecular weight is 382 g/mol. The van der Waals surface area contributed by atoms with Gasteiger partial charge in [-0.1, -0.05) is 30.3 Å². The van der Waals surface area contributed by atoms with E-state index in [4.69, 9.17) is 4.74 Å². The van der Waals surface area contributed by atoms with Crippen LogP contribution in [0.3, 0.4) is 0 Å². The highest BCUT2D eigenvalue weighted by Gasteiger charge is 2.25. The third kappa shape index (κ3) is 4.40. The Kier molecular flexibility index (Phi) is 5.78. The molecule has 0 spiro atoms. The van der Waals surface area contributed by atoms with E-state index in [-0.39, 0.29) is 18.1 Å². The van der Waals surface area contributed by atoms with Crippen LogP contribution in [-0.4, -0.2) is 39.8 Å². The number of ether oxygens (including phenoxy) is 1. The Labute approximate surface area is 161 Å². The highest BCUT2D eigenvalue weighted by Crippen LogP contribution is 2.11. The average Bonchev–Trinajstić information content (AvgIpc) is 3.10. The molecule has 0 saturated carbocycles. The number of hydrogen-bond donors (Lipinski definition) is 1. The van der Waals surface area contributed by atoms with E-state index in [9.17, 15) is 14.0 Å². The lowest BCUT2D eigenvalue weighted by molar-refractivity contribution is -0.142. The van der Waals surface area contributed by atoms with E-state index < -0.39 is 17.9 Å². The van der Waals surface area contributed by atoms with Gasteiger partial charge in [-0.15, -0.1) is 5.10 Å². The van der Waals surface area contributed by atoms with E-state index in [0.29, 0.717) is 11.5 Å². The van der Waals surface area contributed by atoms with Crippen LogP contribution in [0.4, 0.5) is 4.39 Å². The van der Waals surface area contributed by atoms with Crippen molar-refractivity contribution in [1.29, 1.82) is 0 Å². The minimum absolute atomic E-state index is 0.0937. The molecule has 1 amide bonds. The molecule has 144 valence electrons. The van der Waals surface area contributed by atoms with Crippen LogP contribution in [0, 0.1) is 12.7 Å². The lowest BCUT2D eigenvalue weighted by Crippen LogP contribution is -2.43. The first-order valence-electron chi connectivity index (χ1n) is 8.60. The second kappa shape index (κ2) is 8.43. The number of aryl methyl sites for hydroxylation is 1. The molecule has 0 bridgehead atoms. The maximum Gasteiger partial charge on any atom is 0.328 e. The third-order valence-corrected chi connectivity index (χ3v) is 4.12. The molecule has 2 aromatic carbocycles. The number of benzene rings is 2. The zero-order valence-electron chi connectivity index (χ0n) is 15.4. The molecule has 0 saturated heterocycles. The fourth-order valence-electron chi connectivity index (χ4n) is 2.72. The van der Waals surface area contributed by atoms with Gasteiger partial charge in [0.1, 0.15) is 17.7 Å². The zero-order valence-corrected chi connectivity index (χ0v) is 15.4. The number of nitrogens with one attached hydrogen (secondary N) is 1. The van der Waals surface area contributed by atoms with Gasteiger partial charge < -0.3 is 10.1 Å². The first-order chi connectivity index (χ1) is 13.5. The first kappa shape index (κ1) is 19.2. The summed E-state index contributed by atoms with van der Waals surface area (Å²) in [6.07, 6.45) is 0.275. The first-order valence-corrected chi connectivity index (χ1v) is 8.60. The molecule has 3 rings (SSSR count). The second-order valence-electron chi connectivity index (χ2n) is 6.11. The Morgan fingerprint density at radius 1 is 1.14 bits per heavy atom. The summed E-state index contributed by atoms with van der Waals surface area (Å²) in [5.41, 5.74) is 1.44. The van der Waals surface area contributed by atoms with Crippen LogP contribution in [0.2, 0.25) is 0 Å². The SMILES string of the molecule is COC(=O)[C@@H](Cc1ccccc1)NC(=O)c1nc(C)n(-c2ccc(F)cc2)n1. The largest absolute Gasteiger partial charge is 0.467 e. The minimum Gasteiger partial charge on any atom is -0.467 e. The van der Waals surface area contributed by atoms with Crippen LogP contribution in [0.15, 0.2) is 54.6 Å². The smallest absolute Gasteiger partial charge is 0.328 e. The van der Waals surface area contributed by atoms with Crippen molar-refractivity contribution in [2.24, 2.45) is 0 Å². The summed E-state index contributed by atoms with van der Waals surface area (Å²) in [4.78, 5) is 28.8. The van der Waals surface area contributed by atoms with E-state index in [1.165, 1.54) is 36.1 Å². The molecule has 0 aliphatic carbocycles. The monoisotopic (exact) mass is 382 g/mol. The number of carbonyl (C=O) groups is 2. The quantitative estimate of drug-likeness (QED) is 0.661. The zero-order chi connectivity index (χ0) is 20.1. The van der Waals surface area contributed by atoms with Gasteiger partial charge in [0.05, 0.1) is 12.8 Å². The molecule has 28 heavy (non-hydrogen) atoms. The van der Waals surface area contributed by atoms with Crippen LogP contribution >= 0.6 is 0 Å². The van der Waals surface area contributed by atoms with Crippen LogP contribution in [0.1, 0.15) is 22.0 Å². The summed E-state index contributed by atoms with van der Waals surface area (Å²) in [5.74, 6) is -1.18. The van der Waals surface area contributed by atoms with Gasteiger partial charge in [-0.05, 0) is 36.8 Å². The molecule has 7 nitrogen and oxygen atoms in total. The summed E-state index contributed by atoms with van der Waals surface area (Å²) in [6, 6.07) is 14.1. The summed E-state index contributed by atoms with van der Waals surface area (Å²) in [5, 5.41) is 6.80. The van der Waals surface area contributed by atoms with Gasteiger partial charge in [0.2, 0.25) is 5.82 Å². The molecule has 1 heterocycles. The Balaban J connectivity index is 1.79. The fourth-order valence-corrected chi connectivity index (χ4v) is 2.72. The molecule has 1 atom stereocenters. The molecule has 0 fully saturated rings. The molecule has 0 unspecified atom stereocenters. The predicted molar refractivity (Wildman–Crippen MR) is 99.5 cm³/mol. The van der Waals surface area contributed by atoms with Crippen LogP contribution < -0.4 is 5.32 Å². The predicted octanol–water partition coefficient (Wildman–Crippen LogP) is 2.23. The Morgan fingerprint density at radius 2 is 1.82 bits per heavy atom. The highest BCUT2D eigenvalue weighted by molar-refractivity contribution is 5.93. The molecule has 1 N–H and O–H groups in total. The van der Waals surface area contributed by atoms with E-state index in [2.05, 4.69) is 15.4 Å². The van der Waals surface area contributed by atoms with Gasteiger partial charge in [0, 0.05) is 6.42 Å². The van der Waals surface area contributed by atoms with Crippen molar-refractivity contribution < 1.29 is 18.7 Å². The fraction of sp³-hybridized carbons (Fsp3) is 0.200. The second-order valence-corrected chi connectivity index (χ2v) is 6.11. The van der Waals surface area contributed by atoms with Crippen molar-refractivity contribution >= 4 is 11.9 Å². The van der Waals surface area contributed by atoms with Gasteiger partial charge in [0.25, 0.3) is 5.91 Å². The third-order valence-electron chi connectivity index (χ3n) is 4.12. The van der Waals surface area contributed by atoms with Crippen molar-refractivity contribution in [2.45, 2.75) is 19.4 Å². The number of aromatic nitrogens is 3. The lowest BCUT2D eigenvalue weighted by Gasteiger charge is -2.15. The number of rotatable bonds is 6. The van der Waals surface area contributed by atoms with Crippen LogP contribution in [0.5, 0.6) is 0 Å². The van der Waals surface area contributed by atoms with E-state index in [1.807, 2.05) is 30.3 Å². The Hall–Kier alpha value is -3.55. The van der Waals surface area contributed by atoms with Gasteiger partial charge in [-0.25, -0.2) is 18.9 Å². The topological polar surface area (TPSA) is 86.1 Å². The summed E-state index contributed by atoms with van der Waals surface area (Å²) in [7, 11) is 1.26. The maximum absolute atomic E-state index is 13.1. The summed E-state index contributed by atoms with van der Waals surface area (Å²) in [6.45, 7) is 1.68. The van der Waals surface area contributed by atoms with Crippen molar-refractivity contribution in [3.8, 4) is 5.69 Å². The summed E-state index contributed by atoms with van der Waals surface area (Å²) < 4.78 is 19.3. The van der Waals surface area contributed by atoms with E-state index in [1.54, 1.807) is 6.92 Å². The molecule has 3 aromatic rings. The maximum atomic E-state index is 13.1. The molecule has 8 heteroatoms. The number of halogens is 1. The van der Waals surface area contributed by atoms with E-state index >= 15 is 0 Å². The molecule has 0 aliphatic rings.